The first kappa shape index (κ1) is 21.7. The summed E-state index contributed by atoms with van der Waals surface area (Å²) in [5, 5.41) is 5.19. The number of hydrogen-bond acceptors (Lipinski definition) is 5. The van der Waals surface area contributed by atoms with Crippen LogP contribution in [0.25, 0.3) is 0 Å². The molecule has 2 saturated carbocycles. The molecule has 31 heavy (non-hydrogen) atoms. The molecule has 2 aliphatic rings. The second-order valence-electron chi connectivity index (χ2n) is 8.26. The molecule has 7 heteroatoms. The Labute approximate surface area is 187 Å². The van der Waals surface area contributed by atoms with Crippen molar-refractivity contribution < 1.29 is 19.1 Å². The lowest BCUT2D eigenvalue weighted by Crippen LogP contribution is -2.47. The number of carbonyl (C=O) groups is 2. The number of rotatable bonds is 9. The van der Waals surface area contributed by atoms with Gasteiger partial charge in [-0.25, -0.2) is 0 Å². The van der Waals surface area contributed by atoms with Crippen molar-refractivity contribution >= 4 is 23.2 Å². The second-order valence-corrected chi connectivity index (χ2v) is 9.30. The number of methoxy groups -OCH3 is 2. The van der Waals surface area contributed by atoms with E-state index in [0.29, 0.717) is 23.5 Å². The van der Waals surface area contributed by atoms with E-state index in [0.717, 1.165) is 43.4 Å². The number of carbonyl (C=O) groups excluding carboxylic acids is 2. The molecule has 4 rings (SSSR count). The maximum atomic E-state index is 13.6. The molecule has 0 radical (unpaired) electrons. The highest BCUT2D eigenvalue weighted by Gasteiger charge is 2.43. The molecule has 1 aromatic heterocycles. The van der Waals surface area contributed by atoms with Crippen LogP contribution in [0, 0.1) is 0 Å². The fraction of sp³-hybridized carbons (Fsp3) is 0.500. The number of thiophene rings is 1. The third-order valence-electron chi connectivity index (χ3n) is 6.09. The van der Waals surface area contributed by atoms with Gasteiger partial charge in [0.25, 0.3) is 0 Å². The first-order chi connectivity index (χ1) is 15.1. The molecule has 1 N–H and O–H groups in total. The summed E-state index contributed by atoms with van der Waals surface area (Å²) >= 11 is 1.56. The van der Waals surface area contributed by atoms with Crippen LogP contribution in [-0.4, -0.2) is 43.0 Å². The molecular formula is C24H30N2O4S. The number of amides is 2. The molecule has 1 atom stereocenters. The Bertz CT molecular complexity index is 904. The largest absolute Gasteiger partial charge is 0.493 e. The van der Waals surface area contributed by atoms with Crippen LogP contribution in [0.3, 0.4) is 0 Å². The average molecular weight is 443 g/mol. The summed E-state index contributed by atoms with van der Waals surface area (Å²) in [7, 11) is 3.15. The van der Waals surface area contributed by atoms with Crippen molar-refractivity contribution in [2.24, 2.45) is 0 Å². The lowest BCUT2D eigenvalue weighted by Gasteiger charge is -2.33. The molecule has 2 fully saturated rings. The van der Waals surface area contributed by atoms with Gasteiger partial charge < -0.3 is 19.7 Å². The fourth-order valence-electron chi connectivity index (χ4n) is 4.46. The van der Waals surface area contributed by atoms with E-state index in [1.165, 1.54) is 0 Å². The molecule has 0 unspecified atom stereocenters. The van der Waals surface area contributed by atoms with Crippen LogP contribution in [0.5, 0.6) is 11.5 Å². The van der Waals surface area contributed by atoms with E-state index in [2.05, 4.69) is 5.32 Å². The fourth-order valence-corrected chi connectivity index (χ4v) is 5.16. The standard InChI is InChI=1S/C24H30N2O4S/c1-29-20-11-5-10-19(23(20)30-2)22(24(28)25-16-7-3-4-8-16)26(17-12-13-17)21(27)15-18-9-6-14-31-18/h5-6,9-11,14,16-17,22H,3-4,7-8,12-13,15H2,1-2H3,(H,25,28)/t22-/m1/s1. The van der Waals surface area contributed by atoms with Crippen LogP contribution in [0.4, 0.5) is 0 Å². The van der Waals surface area contributed by atoms with E-state index in [-0.39, 0.29) is 23.9 Å². The predicted octanol–water partition coefficient (Wildman–Crippen LogP) is 4.10. The van der Waals surface area contributed by atoms with Gasteiger partial charge in [-0.1, -0.05) is 31.0 Å². The van der Waals surface area contributed by atoms with Crippen molar-refractivity contribution in [1.29, 1.82) is 0 Å². The van der Waals surface area contributed by atoms with Crippen molar-refractivity contribution in [3.63, 3.8) is 0 Å². The van der Waals surface area contributed by atoms with Gasteiger partial charge >= 0.3 is 0 Å². The molecule has 0 saturated heterocycles. The third kappa shape index (κ3) is 4.87. The highest BCUT2D eigenvalue weighted by Crippen LogP contribution is 2.42. The molecule has 0 bridgehead atoms. The topological polar surface area (TPSA) is 67.9 Å². The lowest BCUT2D eigenvalue weighted by molar-refractivity contribution is -0.141. The smallest absolute Gasteiger partial charge is 0.247 e. The molecule has 0 spiro atoms. The van der Waals surface area contributed by atoms with E-state index in [4.69, 9.17) is 9.47 Å². The summed E-state index contributed by atoms with van der Waals surface area (Å²) < 4.78 is 11.1. The maximum Gasteiger partial charge on any atom is 0.247 e. The minimum Gasteiger partial charge on any atom is -0.493 e. The Hall–Kier alpha value is -2.54. The van der Waals surface area contributed by atoms with Crippen molar-refractivity contribution in [3.8, 4) is 11.5 Å². The Morgan fingerprint density at radius 3 is 2.48 bits per heavy atom. The van der Waals surface area contributed by atoms with Gasteiger partial charge in [-0.3, -0.25) is 9.59 Å². The van der Waals surface area contributed by atoms with Gasteiger partial charge in [0, 0.05) is 22.5 Å². The van der Waals surface area contributed by atoms with Crippen LogP contribution in [0.2, 0.25) is 0 Å². The number of benzene rings is 1. The summed E-state index contributed by atoms with van der Waals surface area (Å²) in [6.07, 6.45) is 6.35. The SMILES string of the molecule is COc1cccc([C@H](C(=O)NC2CCCC2)N(C(=O)Cc2cccs2)C2CC2)c1OC. The number of nitrogens with one attached hydrogen (secondary N) is 1. The van der Waals surface area contributed by atoms with Crippen LogP contribution in [0.1, 0.15) is 55.0 Å². The van der Waals surface area contributed by atoms with Crippen molar-refractivity contribution in [2.45, 2.75) is 63.1 Å². The van der Waals surface area contributed by atoms with Crippen LogP contribution in [0.15, 0.2) is 35.7 Å². The van der Waals surface area contributed by atoms with Gasteiger partial charge in [0.1, 0.15) is 6.04 Å². The molecule has 2 aromatic rings. The van der Waals surface area contributed by atoms with Gasteiger partial charge in [-0.2, -0.15) is 0 Å². The molecular weight excluding hydrogens is 412 g/mol. The van der Waals surface area contributed by atoms with Gasteiger partial charge in [0.05, 0.1) is 20.6 Å². The first-order valence-corrected chi connectivity index (χ1v) is 11.8. The Balaban J connectivity index is 1.71. The van der Waals surface area contributed by atoms with Crippen LogP contribution < -0.4 is 14.8 Å². The van der Waals surface area contributed by atoms with E-state index >= 15 is 0 Å². The van der Waals surface area contributed by atoms with E-state index in [9.17, 15) is 9.59 Å². The quantitative estimate of drug-likeness (QED) is 0.635. The van der Waals surface area contributed by atoms with Gasteiger partial charge in [0.2, 0.25) is 11.8 Å². The maximum absolute atomic E-state index is 13.6. The summed E-state index contributed by atoms with van der Waals surface area (Å²) in [5.74, 6) is 0.901. The first-order valence-electron chi connectivity index (χ1n) is 11.0. The average Bonchev–Trinajstić information content (AvgIpc) is 3.22. The van der Waals surface area contributed by atoms with Crippen molar-refractivity contribution in [1.82, 2.24) is 10.2 Å². The molecule has 1 heterocycles. The van der Waals surface area contributed by atoms with Crippen molar-refractivity contribution in [3.05, 3.63) is 46.2 Å². The number of para-hydroxylation sites is 1. The number of ether oxygens (including phenoxy) is 2. The zero-order chi connectivity index (χ0) is 21.8. The summed E-state index contributed by atoms with van der Waals surface area (Å²) in [5.41, 5.74) is 0.670. The van der Waals surface area contributed by atoms with E-state index < -0.39 is 6.04 Å². The molecule has 1 aromatic carbocycles. The van der Waals surface area contributed by atoms with E-state index in [1.807, 2.05) is 35.7 Å². The molecule has 2 amide bonds. The minimum atomic E-state index is -0.745. The zero-order valence-corrected chi connectivity index (χ0v) is 19.0. The highest BCUT2D eigenvalue weighted by molar-refractivity contribution is 7.10. The van der Waals surface area contributed by atoms with Gasteiger partial charge in [-0.15, -0.1) is 11.3 Å². The molecule has 2 aliphatic carbocycles. The van der Waals surface area contributed by atoms with Crippen molar-refractivity contribution in [2.75, 3.05) is 14.2 Å². The zero-order valence-electron chi connectivity index (χ0n) is 18.1. The monoisotopic (exact) mass is 442 g/mol. The number of hydrogen-bond donors (Lipinski definition) is 1. The third-order valence-corrected chi connectivity index (χ3v) is 6.97. The minimum absolute atomic E-state index is 0.0265. The Kier molecular flexibility index (Phi) is 6.80. The lowest BCUT2D eigenvalue weighted by atomic mass is 10.0. The summed E-state index contributed by atoms with van der Waals surface area (Å²) in [6.45, 7) is 0. The molecule has 0 aliphatic heterocycles. The second kappa shape index (κ2) is 9.73. The van der Waals surface area contributed by atoms with Gasteiger partial charge in [0.15, 0.2) is 11.5 Å². The Morgan fingerprint density at radius 2 is 1.87 bits per heavy atom. The predicted molar refractivity (Wildman–Crippen MR) is 121 cm³/mol. The van der Waals surface area contributed by atoms with Crippen LogP contribution >= 0.6 is 11.3 Å². The summed E-state index contributed by atoms with van der Waals surface area (Å²) in [6, 6.07) is 8.93. The van der Waals surface area contributed by atoms with E-state index in [1.54, 1.807) is 30.5 Å². The molecule has 6 nitrogen and oxygen atoms in total. The highest BCUT2D eigenvalue weighted by atomic mass is 32.1. The van der Waals surface area contributed by atoms with Crippen LogP contribution in [-0.2, 0) is 16.0 Å². The summed E-state index contributed by atoms with van der Waals surface area (Å²) in [4.78, 5) is 29.9. The van der Waals surface area contributed by atoms with Gasteiger partial charge in [-0.05, 0) is 43.2 Å². The Morgan fingerprint density at radius 1 is 1.10 bits per heavy atom. The normalized spacial score (nSPS) is 17.2. The number of nitrogens with zero attached hydrogens (tertiary/aromatic N) is 1. The molecule has 166 valence electrons.